The maximum absolute atomic E-state index is 5.05. The third-order valence-electron chi connectivity index (χ3n) is 2.86. The summed E-state index contributed by atoms with van der Waals surface area (Å²) < 4.78 is 5.05. The van der Waals surface area contributed by atoms with Gasteiger partial charge in [0.2, 0.25) is 5.88 Å². The van der Waals surface area contributed by atoms with Gasteiger partial charge < -0.3 is 10.1 Å². The molecule has 1 aromatic heterocycles. The molecule has 0 saturated heterocycles. The van der Waals surface area contributed by atoms with E-state index in [0.29, 0.717) is 11.9 Å². The van der Waals surface area contributed by atoms with Crippen molar-refractivity contribution < 1.29 is 4.74 Å². The van der Waals surface area contributed by atoms with Gasteiger partial charge in [0.15, 0.2) is 0 Å². The summed E-state index contributed by atoms with van der Waals surface area (Å²) in [5.74, 6) is 1.42. The number of hydrogen-bond donors (Lipinski definition) is 1. The Morgan fingerprint density at radius 3 is 2.93 bits per heavy atom. The van der Waals surface area contributed by atoms with Crippen LogP contribution in [-0.2, 0) is 6.42 Å². The minimum absolute atomic E-state index is 0.534. The molecular formula is C11H17N3O. The molecule has 0 bridgehead atoms. The minimum Gasteiger partial charge on any atom is -0.480 e. The van der Waals surface area contributed by atoms with Crippen molar-refractivity contribution in [3.8, 4) is 5.88 Å². The summed E-state index contributed by atoms with van der Waals surface area (Å²) >= 11 is 0. The summed E-state index contributed by atoms with van der Waals surface area (Å²) in [6.45, 7) is 0. The molecule has 0 aromatic carbocycles. The van der Waals surface area contributed by atoms with Crippen LogP contribution in [0.3, 0.4) is 0 Å². The molecule has 1 heterocycles. The molecule has 1 atom stereocenters. The Morgan fingerprint density at radius 1 is 1.53 bits per heavy atom. The fraction of sp³-hybridized carbons (Fsp3) is 0.636. The standard InChI is InChI=1S/C11H17N3O/c1-12-10(8-3-4-8)5-9-6-13-7-11(14-9)15-2/h6-8,10,12H,3-5H2,1-2H3. The highest BCUT2D eigenvalue weighted by Crippen LogP contribution is 2.33. The lowest BCUT2D eigenvalue weighted by atomic mass is 10.1. The van der Waals surface area contributed by atoms with Gasteiger partial charge in [0, 0.05) is 18.7 Å². The van der Waals surface area contributed by atoms with Crippen molar-refractivity contribution in [3.63, 3.8) is 0 Å². The fourth-order valence-electron chi connectivity index (χ4n) is 1.81. The average molecular weight is 207 g/mol. The van der Waals surface area contributed by atoms with Gasteiger partial charge >= 0.3 is 0 Å². The van der Waals surface area contributed by atoms with Gasteiger partial charge in [-0.3, -0.25) is 4.98 Å². The van der Waals surface area contributed by atoms with Gasteiger partial charge in [-0.25, -0.2) is 4.98 Å². The highest BCUT2D eigenvalue weighted by atomic mass is 16.5. The molecule has 15 heavy (non-hydrogen) atoms. The first-order valence-corrected chi connectivity index (χ1v) is 5.35. The van der Waals surface area contributed by atoms with Crippen molar-refractivity contribution in [2.45, 2.75) is 25.3 Å². The van der Waals surface area contributed by atoms with Gasteiger partial charge in [0.05, 0.1) is 19.0 Å². The van der Waals surface area contributed by atoms with Crippen molar-refractivity contribution in [1.82, 2.24) is 15.3 Å². The number of hydrogen-bond acceptors (Lipinski definition) is 4. The zero-order valence-electron chi connectivity index (χ0n) is 9.23. The SMILES string of the molecule is CNC(Cc1cncc(OC)n1)C1CC1. The molecule has 0 radical (unpaired) electrons. The van der Waals surface area contributed by atoms with Crippen LogP contribution in [-0.4, -0.2) is 30.2 Å². The zero-order valence-corrected chi connectivity index (χ0v) is 9.23. The lowest BCUT2D eigenvalue weighted by molar-refractivity contribution is 0.391. The van der Waals surface area contributed by atoms with E-state index in [1.54, 1.807) is 13.3 Å². The van der Waals surface area contributed by atoms with Crippen LogP contribution in [0.4, 0.5) is 0 Å². The van der Waals surface area contributed by atoms with E-state index in [1.165, 1.54) is 12.8 Å². The van der Waals surface area contributed by atoms with Gasteiger partial charge in [-0.05, 0) is 25.8 Å². The maximum atomic E-state index is 5.05. The van der Waals surface area contributed by atoms with Gasteiger partial charge in [0.25, 0.3) is 0 Å². The Labute approximate surface area is 90.1 Å². The topological polar surface area (TPSA) is 47.0 Å². The Bertz CT molecular complexity index is 325. The molecule has 1 unspecified atom stereocenters. The molecule has 0 spiro atoms. The minimum atomic E-state index is 0.534. The third kappa shape index (κ3) is 2.65. The summed E-state index contributed by atoms with van der Waals surface area (Å²) in [5.41, 5.74) is 1.00. The highest BCUT2D eigenvalue weighted by molar-refractivity contribution is 5.10. The van der Waals surface area contributed by atoms with Crippen molar-refractivity contribution in [2.75, 3.05) is 14.2 Å². The van der Waals surface area contributed by atoms with Crippen LogP contribution in [0, 0.1) is 5.92 Å². The van der Waals surface area contributed by atoms with Crippen molar-refractivity contribution in [2.24, 2.45) is 5.92 Å². The molecule has 1 aromatic rings. The van der Waals surface area contributed by atoms with E-state index in [4.69, 9.17) is 4.74 Å². The summed E-state index contributed by atoms with van der Waals surface area (Å²) in [6.07, 6.45) is 7.06. The number of aromatic nitrogens is 2. The molecule has 1 aliphatic rings. The van der Waals surface area contributed by atoms with E-state index in [0.717, 1.165) is 18.0 Å². The average Bonchev–Trinajstić information content (AvgIpc) is 3.10. The largest absolute Gasteiger partial charge is 0.480 e. The Morgan fingerprint density at radius 2 is 2.33 bits per heavy atom. The molecule has 1 saturated carbocycles. The van der Waals surface area contributed by atoms with Crippen LogP contribution in [0.15, 0.2) is 12.4 Å². The van der Waals surface area contributed by atoms with E-state index >= 15 is 0 Å². The van der Waals surface area contributed by atoms with Gasteiger partial charge in [-0.1, -0.05) is 0 Å². The van der Waals surface area contributed by atoms with Crippen LogP contribution < -0.4 is 10.1 Å². The first kappa shape index (κ1) is 10.4. The number of rotatable bonds is 5. The fourth-order valence-corrected chi connectivity index (χ4v) is 1.81. The Kier molecular flexibility index (Phi) is 3.16. The zero-order chi connectivity index (χ0) is 10.7. The molecule has 1 aliphatic carbocycles. The Hall–Kier alpha value is -1.16. The van der Waals surface area contributed by atoms with Crippen LogP contribution in [0.1, 0.15) is 18.5 Å². The molecule has 1 fully saturated rings. The lowest BCUT2D eigenvalue weighted by Crippen LogP contribution is -2.30. The summed E-state index contributed by atoms with van der Waals surface area (Å²) in [5, 5.41) is 3.34. The summed E-state index contributed by atoms with van der Waals surface area (Å²) in [6, 6.07) is 0.534. The van der Waals surface area contributed by atoms with Gasteiger partial charge in [-0.15, -0.1) is 0 Å². The van der Waals surface area contributed by atoms with E-state index < -0.39 is 0 Å². The molecule has 2 rings (SSSR count). The smallest absolute Gasteiger partial charge is 0.232 e. The number of nitrogens with zero attached hydrogens (tertiary/aromatic N) is 2. The van der Waals surface area contributed by atoms with E-state index in [-0.39, 0.29) is 0 Å². The first-order chi connectivity index (χ1) is 7.33. The van der Waals surface area contributed by atoms with E-state index in [1.807, 2.05) is 13.2 Å². The van der Waals surface area contributed by atoms with Crippen molar-refractivity contribution >= 4 is 0 Å². The predicted molar refractivity (Wildman–Crippen MR) is 57.9 cm³/mol. The van der Waals surface area contributed by atoms with Crippen LogP contribution in [0.2, 0.25) is 0 Å². The van der Waals surface area contributed by atoms with E-state index in [9.17, 15) is 0 Å². The van der Waals surface area contributed by atoms with Crippen LogP contribution in [0.5, 0.6) is 5.88 Å². The molecule has 1 N–H and O–H groups in total. The monoisotopic (exact) mass is 207 g/mol. The second kappa shape index (κ2) is 4.57. The molecule has 82 valence electrons. The van der Waals surface area contributed by atoms with Crippen molar-refractivity contribution in [3.05, 3.63) is 18.1 Å². The second-order valence-electron chi connectivity index (χ2n) is 3.99. The molecular weight excluding hydrogens is 190 g/mol. The molecule has 0 aliphatic heterocycles. The molecule has 0 amide bonds. The number of likely N-dealkylation sites (N-methyl/N-ethyl adjacent to an activating group) is 1. The third-order valence-corrected chi connectivity index (χ3v) is 2.86. The lowest BCUT2D eigenvalue weighted by Gasteiger charge is -2.14. The summed E-state index contributed by atoms with van der Waals surface area (Å²) in [4.78, 5) is 8.47. The van der Waals surface area contributed by atoms with Gasteiger partial charge in [0.1, 0.15) is 0 Å². The van der Waals surface area contributed by atoms with Crippen molar-refractivity contribution in [1.29, 1.82) is 0 Å². The first-order valence-electron chi connectivity index (χ1n) is 5.35. The van der Waals surface area contributed by atoms with Gasteiger partial charge in [-0.2, -0.15) is 0 Å². The van der Waals surface area contributed by atoms with Crippen LogP contribution in [0.25, 0.3) is 0 Å². The Balaban J connectivity index is 2.01. The predicted octanol–water partition coefficient (Wildman–Crippen LogP) is 1.03. The highest BCUT2D eigenvalue weighted by Gasteiger charge is 2.30. The molecule has 4 nitrogen and oxygen atoms in total. The second-order valence-corrected chi connectivity index (χ2v) is 3.99. The van der Waals surface area contributed by atoms with E-state index in [2.05, 4.69) is 15.3 Å². The number of nitrogens with one attached hydrogen (secondary N) is 1. The quantitative estimate of drug-likeness (QED) is 0.783. The normalized spacial score (nSPS) is 17.5. The number of methoxy groups -OCH3 is 1. The maximum Gasteiger partial charge on any atom is 0.232 e. The molecule has 4 heteroatoms. The summed E-state index contributed by atoms with van der Waals surface area (Å²) in [7, 11) is 3.63. The van der Waals surface area contributed by atoms with Crippen LogP contribution >= 0.6 is 0 Å². The number of ether oxygens (including phenoxy) is 1.